The summed E-state index contributed by atoms with van der Waals surface area (Å²) in [6.45, 7) is 11.4. The van der Waals surface area contributed by atoms with E-state index in [2.05, 4.69) is 39.1 Å². The molecule has 0 radical (unpaired) electrons. The van der Waals surface area contributed by atoms with Gasteiger partial charge >= 0.3 is 0 Å². The number of aryl methyl sites for hydroxylation is 1. The minimum atomic E-state index is -0.336. The fraction of sp³-hybridized carbons (Fsp3) is 0.400. The van der Waals surface area contributed by atoms with Crippen molar-refractivity contribution in [1.82, 2.24) is 5.32 Å². The first-order valence-electron chi connectivity index (χ1n) is 12.2. The van der Waals surface area contributed by atoms with Crippen LogP contribution in [0.25, 0.3) is 0 Å². The number of benzene rings is 2. The van der Waals surface area contributed by atoms with Gasteiger partial charge in [-0.1, -0.05) is 45.9 Å². The molecule has 1 aromatic heterocycles. The van der Waals surface area contributed by atoms with Gasteiger partial charge in [0.25, 0.3) is 5.91 Å². The van der Waals surface area contributed by atoms with Gasteiger partial charge in [0.05, 0.1) is 7.11 Å². The van der Waals surface area contributed by atoms with Gasteiger partial charge in [0.2, 0.25) is 5.78 Å². The maximum Gasteiger partial charge on any atom is 0.287 e. The second-order valence-corrected chi connectivity index (χ2v) is 10.8. The number of carbonyl (C=O) groups excluding carboxylic acids is 2. The zero-order valence-electron chi connectivity index (χ0n) is 21.6. The summed E-state index contributed by atoms with van der Waals surface area (Å²) in [5, 5.41) is 2.86. The Hall–Kier alpha value is -3.34. The lowest BCUT2D eigenvalue weighted by Crippen LogP contribution is -2.34. The predicted octanol–water partition coefficient (Wildman–Crippen LogP) is 6.15. The molecule has 0 saturated carbocycles. The lowest BCUT2D eigenvalue weighted by atomic mass is 9.62. The molecule has 4 rings (SSSR count). The van der Waals surface area contributed by atoms with Gasteiger partial charge in [0.15, 0.2) is 11.5 Å². The van der Waals surface area contributed by atoms with E-state index < -0.39 is 0 Å². The second-order valence-electron chi connectivity index (χ2n) is 10.8. The molecule has 0 aliphatic heterocycles. The van der Waals surface area contributed by atoms with E-state index in [1.165, 1.54) is 11.1 Å². The van der Waals surface area contributed by atoms with Crippen molar-refractivity contribution in [3.8, 4) is 5.75 Å². The Kier molecular flexibility index (Phi) is 6.63. The standard InChI is InChI=1S/C30H35NO4/c1-19-16-23-24(30(4,5)14-13-29(23,2)3)18-22(19)27(32)25-10-11-26(35-25)28(33)31-15-12-20-8-7-9-21(17-20)34-6/h7-11,16-18H,12-15H2,1-6H3,(H,31,33). The van der Waals surface area contributed by atoms with E-state index in [9.17, 15) is 9.59 Å². The summed E-state index contributed by atoms with van der Waals surface area (Å²) >= 11 is 0. The van der Waals surface area contributed by atoms with Crippen LogP contribution >= 0.6 is 0 Å². The van der Waals surface area contributed by atoms with E-state index in [1.54, 1.807) is 19.2 Å². The van der Waals surface area contributed by atoms with Gasteiger partial charge in [-0.05, 0) is 89.6 Å². The normalized spacial score (nSPS) is 15.8. The Labute approximate surface area is 207 Å². The number of methoxy groups -OCH3 is 1. The Balaban J connectivity index is 1.48. The van der Waals surface area contributed by atoms with Crippen molar-refractivity contribution >= 4 is 11.7 Å². The number of furan rings is 1. The monoisotopic (exact) mass is 473 g/mol. The van der Waals surface area contributed by atoms with Crippen LogP contribution in [0.2, 0.25) is 0 Å². The highest BCUT2D eigenvalue weighted by Gasteiger charge is 2.38. The molecule has 5 heteroatoms. The van der Waals surface area contributed by atoms with Crippen molar-refractivity contribution in [1.29, 1.82) is 0 Å². The highest BCUT2D eigenvalue weighted by molar-refractivity contribution is 6.09. The van der Waals surface area contributed by atoms with Crippen LogP contribution in [0.15, 0.2) is 52.9 Å². The number of hydrogen-bond donors (Lipinski definition) is 1. The van der Waals surface area contributed by atoms with Crippen LogP contribution in [0.4, 0.5) is 0 Å². The molecule has 1 N–H and O–H groups in total. The zero-order valence-corrected chi connectivity index (χ0v) is 21.6. The number of nitrogens with one attached hydrogen (secondary N) is 1. The van der Waals surface area contributed by atoms with Gasteiger partial charge in [-0.25, -0.2) is 0 Å². The number of carbonyl (C=O) groups is 2. The van der Waals surface area contributed by atoms with Crippen molar-refractivity contribution in [2.75, 3.05) is 13.7 Å². The number of ketones is 1. The Morgan fingerprint density at radius 3 is 2.29 bits per heavy atom. The van der Waals surface area contributed by atoms with Gasteiger partial charge in [-0.3, -0.25) is 9.59 Å². The zero-order chi connectivity index (χ0) is 25.4. The SMILES string of the molecule is COc1cccc(CCNC(=O)c2ccc(C(=O)c3cc4c(cc3C)C(C)(C)CCC4(C)C)o2)c1. The minimum Gasteiger partial charge on any atom is -0.497 e. The molecule has 2 aromatic carbocycles. The number of ether oxygens (including phenoxy) is 1. The summed E-state index contributed by atoms with van der Waals surface area (Å²) in [6, 6.07) is 15.1. The van der Waals surface area contributed by atoms with Crippen LogP contribution in [-0.4, -0.2) is 25.3 Å². The summed E-state index contributed by atoms with van der Waals surface area (Å²) < 4.78 is 11.0. The number of rotatable bonds is 7. The lowest BCUT2D eigenvalue weighted by Gasteiger charge is -2.42. The quantitative estimate of drug-likeness (QED) is 0.418. The largest absolute Gasteiger partial charge is 0.497 e. The van der Waals surface area contributed by atoms with Crippen LogP contribution in [0.5, 0.6) is 5.75 Å². The number of hydrogen-bond acceptors (Lipinski definition) is 4. The van der Waals surface area contributed by atoms with Crippen molar-refractivity contribution in [3.63, 3.8) is 0 Å². The molecule has 0 spiro atoms. The molecule has 1 aliphatic rings. The highest BCUT2D eigenvalue weighted by Crippen LogP contribution is 2.46. The molecular formula is C30H35NO4. The molecule has 1 amide bonds. The molecule has 0 fully saturated rings. The predicted molar refractivity (Wildman–Crippen MR) is 138 cm³/mol. The third-order valence-corrected chi connectivity index (χ3v) is 7.33. The lowest BCUT2D eigenvalue weighted by molar-refractivity contribution is 0.0920. The Morgan fingerprint density at radius 2 is 1.60 bits per heavy atom. The molecule has 1 heterocycles. The molecule has 0 bridgehead atoms. The van der Waals surface area contributed by atoms with E-state index in [0.717, 1.165) is 29.7 Å². The molecule has 184 valence electrons. The van der Waals surface area contributed by atoms with Crippen molar-refractivity contribution in [3.05, 3.63) is 87.9 Å². The third-order valence-electron chi connectivity index (χ3n) is 7.33. The first-order chi connectivity index (χ1) is 16.5. The summed E-state index contributed by atoms with van der Waals surface area (Å²) in [4.78, 5) is 26.0. The molecule has 5 nitrogen and oxygen atoms in total. The van der Waals surface area contributed by atoms with Gasteiger partial charge in [-0.15, -0.1) is 0 Å². The van der Waals surface area contributed by atoms with Gasteiger partial charge < -0.3 is 14.5 Å². The maximum atomic E-state index is 13.4. The second kappa shape index (κ2) is 9.37. The number of amides is 1. The average molecular weight is 474 g/mol. The van der Waals surface area contributed by atoms with E-state index in [0.29, 0.717) is 18.5 Å². The topological polar surface area (TPSA) is 68.5 Å². The summed E-state index contributed by atoms with van der Waals surface area (Å²) in [6.07, 6.45) is 2.86. The molecule has 1 aliphatic carbocycles. The summed E-state index contributed by atoms with van der Waals surface area (Å²) in [7, 11) is 1.63. The molecule has 0 unspecified atom stereocenters. The van der Waals surface area contributed by atoms with Crippen molar-refractivity contribution < 1.29 is 18.7 Å². The molecule has 35 heavy (non-hydrogen) atoms. The van der Waals surface area contributed by atoms with Crippen molar-refractivity contribution in [2.24, 2.45) is 0 Å². The first-order valence-corrected chi connectivity index (χ1v) is 12.2. The van der Waals surface area contributed by atoms with Crippen LogP contribution in [-0.2, 0) is 17.3 Å². The molecule has 0 atom stereocenters. The summed E-state index contributed by atoms with van der Waals surface area (Å²) in [5.41, 5.74) is 5.26. The Morgan fingerprint density at radius 1 is 0.943 bits per heavy atom. The maximum absolute atomic E-state index is 13.4. The minimum absolute atomic E-state index is 0.00453. The van der Waals surface area contributed by atoms with E-state index in [1.807, 2.05) is 37.3 Å². The van der Waals surface area contributed by atoms with E-state index in [4.69, 9.17) is 9.15 Å². The smallest absolute Gasteiger partial charge is 0.287 e. The van der Waals surface area contributed by atoms with Crippen LogP contribution in [0.1, 0.15) is 89.5 Å². The third kappa shape index (κ3) is 5.04. The van der Waals surface area contributed by atoms with Gasteiger partial charge in [-0.2, -0.15) is 0 Å². The van der Waals surface area contributed by atoms with Gasteiger partial charge in [0.1, 0.15) is 5.75 Å². The van der Waals surface area contributed by atoms with Crippen LogP contribution in [0, 0.1) is 6.92 Å². The molecular weight excluding hydrogens is 438 g/mol. The van der Waals surface area contributed by atoms with Crippen molar-refractivity contribution in [2.45, 2.75) is 64.7 Å². The average Bonchev–Trinajstić information content (AvgIpc) is 3.32. The number of fused-ring (bicyclic) bond motifs is 1. The molecule has 0 saturated heterocycles. The fourth-order valence-electron chi connectivity index (χ4n) is 4.92. The Bertz CT molecular complexity index is 1270. The van der Waals surface area contributed by atoms with Crippen LogP contribution < -0.4 is 10.1 Å². The van der Waals surface area contributed by atoms with E-state index >= 15 is 0 Å². The summed E-state index contributed by atoms with van der Waals surface area (Å²) in [5.74, 6) is 0.569. The first kappa shape index (κ1) is 24.8. The fourth-order valence-corrected chi connectivity index (χ4v) is 4.92. The molecule has 3 aromatic rings. The highest BCUT2D eigenvalue weighted by atomic mass is 16.5. The van der Waals surface area contributed by atoms with Crippen LogP contribution in [0.3, 0.4) is 0 Å². The van der Waals surface area contributed by atoms with Gasteiger partial charge in [0, 0.05) is 12.1 Å². The van der Waals surface area contributed by atoms with E-state index in [-0.39, 0.29) is 34.0 Å².